The first-order chi connectivity index (χ1) is 18.0. The van der Waals surface area contributed by atoms with Gasteiger partial charge in [0.05, 0.1) is 11.8 Å². The number of nitrogens with zero attached hydrogens (tertiary/aromatic N) is 3. The van der Waals surface area contributed by atoms with Crippen LogP contribution in [0, 0.1) is 5.82 Å². The van der Waals surface area contributed by atoms with E-state index in [1.165, 1.54) is 6.07 Å². The van der Waals surface area contributed by atoms with Crippen LogP contribution in [0.15, 0.2) is 36.4 Å². The highest BCUT2D eigenvalue weighted by Gasteiger charge is 2.32. The van der Waals surface area contributed by atoms with E-state index < -0.39 is 6.17 Å². The van der Waals surface area contributed by atoms with Gasteiger partial charge in [0.15, 0.2) is 0 Å². The van der Waals surface area contributed by atoms with Gasteiger partial charge in [-0.25, -0.2) is 8.78 Å². The molecule has 0 aliphatic carbocycles. The number of likely N-dealkylation sites (tertiary alicyclic amines) is 1. The molecule has 6 rings (SSSR count). The van der Waals surface area contributed by atoms with Crippen molar-refractivity contribution in [3.63, 3.8) is 0 Å². The van der Waals surface area contributed by atoms with Crippen molar-refractivity contribution in [1.82, 2.24) is 4.90 Å². The van der Waals surface area contributed by atoms with Crippen LogP contribution in [0.25, 0.3) is 0 Å². The van der Waals surface area contributed by atoms with Crippen LogP contribution in [-0.4, -0.2) is 75.1 Å². The average molecular weight is 512 g/mol. The Morgan fingerprint density at radius 2 is 1.86 bits per heavy atom. The summed E-state index contributed by atoms with van der Waals surface area (Å²) in [6.45, 7) is 4.91. The maximum Gasteiger partial charge on any atom is 0.258 e. The minimum Gasteiger partial charge on any atom is -0.491 e. The second kappa shape index (κ2) is 10.6. The Labute approximate surface area is 217 Å². The van der Waals surface area contributed by atoms with Crippen molar-refractivity contribution in [2.45, 2.75) is 56.8 Å². The molecule has 4 aliphatic heterocycles. The van der Waals surface area contributed by atoms with Gasteiger partial charge in [0, 0.05) is 56.6 Å². The van der Waals surface area contributed by atoms with E-state index in [9.17, 15) is 9.18 Å². The van der Waals surface area contributed by atoms with Crippen LogP contribution in [-0.2, 0) is 11.2 Å². The van der Waals surface area contributed by atoms with Crippen LogP contribution in [0.5, 0.6) is 5.75 Å². The van der Waals surface area contributed by atoms with Gasteiger partial charge in [0.1, 0.15) is 24.3 Å². The first kappa shape index (κ1) is 24.6. The van der Waals surface area contributed by atoms with E-state index in [-0.39, 0.29) is 17.8 Å². The normalized spacial score (nSPS) is 25.1. The third kappa shape index (κ3) is 5.18. The van der Waals surface area contributed by atoms with E-state index in [0.717, 1.165) is 63.4 Å². The Bertz CT molecular complexity index is 1130. The number of amides is 1. The van der Waals surface area contributed by atoms with Crippen LogP contribution in [0.1, 0.15) is 48.0 Å². The zero-order valence-electron chi connectivity index (χ0n) is 21.2. The molecule has 0 aromatic heterocycles. The minimum absolute atomic E-state index is 0.114. The largest absolute Gasteiger partial charge is 0.491 e. The van der Waals surface area contributed by atoms with Crippen molar-refractivity contribution in [1.29, 1.82) is 0 Å². The quantitative estimate of drug-likeness (QED) is 0.567. The lowest BCUT2D eigenvalue weighted by Gasteiger charge is -2.33. The SMILES string of the molecule is O=C1c2ccc(OC[C@@H]3CCCO3)cc2CCN1c1ccc(N2CCC(N3CCC(F)CC3)C2)c(F)c1. The number of hydrogen-bond acceptors (Lipinski definition) is 5. The van der Waals surface area contributed by atoms with Crippen molar-refractivity contribution in [2.75, 3.05) is 55.7 Å². The van der Waals surface area contributed by atoms with Crippen molar-refractivity contribution in [3.05, 3.63) is 53.3 Å². The third-order valence-corrected chi connectivity index (χ3v) is 8.34. The summed E-state index contributed by atoms with van der Waals surface area (Å²) in [6.07, 6.45) is 4.38. The van der Waals surface area contributed by atoms with Crippen LogP contribution in [0.4, 0.5) is 20.2 Å². The van der Waals surface area contributed by atoms with Gasteiger partial charge in [-0.05, 0) is 80.5 Å². The van der Waals surface area contributed by atoms with E-state index in [2.05, 4.69) is 9.80 Å². The number of fused-ring (bicyclic) bond motifs is 1. The van der Waals surface area contributed by atoms with Crippen molar-refractivity contribution in [2.24, 2.45) is 0 Å². The summed E-state index contributed by atoms with van der Waals surface area (Å²) < 4.78 is 40.3. The van der Waals surface area contributed by atoms with Gasteiger partial charge in [-0.15, -0.1) is 0 Å². The fourth-order valence-corrected chi connectivity index (χ4v) is 6.18. The topological polar surface area (TPSA) is 45.3 Å². The summed E-state index contributed by atoms with van der Waals surface area (Å²) in [5, 5.41) is 0. The summed E-state index contributed by atoms with van der Waals surface area (Å²) >= 11 is 0. The smallest absolute Gasteiger partial charge is 0.258 e. The van der Waals surface area contributed by atoms with E-state index in [1.54, 1.807) is 11.0 Å². The molecule has 2 aromatic carbocycles. The van der Waals surface area contributed by atoms with Crippen LogP contribution in [0.2, 0.25) is 0 Å². The van der Waals surface area contributed by atoms with Gasteiger partial charge in [-0.2, -0.15) is 0 Å². The Morgan fingerprint density at radius 3 is 2.65 bits per heavy atom. The zero-order chi connectivity index (χ0) is 25.4. The first-order valence-corrected chi connectivity index (χ1v) is 13.7. The molecular formula is C29H35F2N3O3. The highest BCUT2D eigenvalue weighted by atomic mass is 19.1. The van der Waals surface area contributed by atoms with Gasteiger partial charge in [-0.3, -0.25) is 9.69 Å². The molecule has 2 atom stereocenters. The van der Waals surface area contributed by atoms with Crippen LogP contribution < -0.4 is 14.5 Å². The lowest BCUT2D eigenvalue weighted by Crippen LogP contribution is -2.43. The number of carbonyl (C=O) groups is 1. The third-order valence-electron chi connectivity index (χ3n) is 8.34. The van der Waals surface area contributed by atoms with Gasteiger partial charge < -0.3 is 19.3 Å². The fraction of sp³-hybridized carbons (Fsp3) is 0.552. The molecule has 3 fully saturated rings. The van der Waals surface area contributed by atoms with E-state index in [4.69, 9.17) is 9.47 Å². The average Bonchev–Trinajstić information content (AvgIpc) is 3.61. The summed E-state index contributed by atoms with van der Waals surface area (Å²) in [6, 6.07) is 11.1. The molecule has 1 amide bonds. The van der Waals surface area contributed by atoms with E-state index >= 15 is 4.39 Å². The summed E-state index contributed by atoms with van der Waals surface area (Å²) in [7, 11) is 0. The molecule has 4 heterocycles. The van der Waals surface area contributed by atoms with Crippen molar-refractivity contribution >= 4 is 17.3 Å². The van der Waals surface area contributed by atoms with Gasteiger partial charge in [-0.1, -0.05) is 0 Å². The highest BCUT2D eigenvalue weighted by Crippen LogP contribution is 2.33. The molecule has 4 aliphatic rings. The number of ether oxygens (including phenoxy) is 2. The van der Waals surface area contributed by atoms with Crippen molar-refractivity contribution in [3.8, 4) is 5.75 Å². The first-order valence-electron chi connectivity index (χ1n) is 13.7. The van der Waals surface area contributed by atoms with Gasteiger partial charge >= 0.3 is 0 Å². The van der Waals surface area contributed by atoms with Crippen LogP contribution in [0.3, 0.4) is 0 Å². The van der Waals surface area contributed by atoms with E-state index in [1.807, 2.05) is 24.3 Å². The number of rotatable bonds is 6. The van der Waals surface area contributed by atoms with Crippen molar-refractivity contribution < 1.29 is 23.0 Å². The predicted octanol–water partition coefficient (Wildman–Crippen LogP) is 4.60. The molecule has 2 aromatic rings. The highest BCUT2D eigenvalue weighted by molar-refractivity contribution is 6.08. The number of carbonyl (C=O) groups excluding carboxylic acids is 1. The number of piperidine rings is 1. The molecule has 3 saturated heterocycles. The number of alkyl halides is 1. The zero-order valence-corrected chi connectivity index (χ0v) is 21.2. The molecule has 8 heteroatoms. The maximum absolute atomic E-state index is 15.3. The van der Waals surface area contributed by atoms with Crippen LogP contribution >= 0.6 is 0 Å². The molecule has 1 unspecified atom stereocenters. The second-order valence-corrected chi connectivity index (χ2v) is 10.7. The number of benzene rings is 2. The second-order valence-electron chi connectivity index (χ2n) is 10.7. The lowest BCUT2D eigenvalue weighted by atomic mass is 9.98. The van der Waals surface area contributed by atoms with E-state index in [0.29, 0.717) is 55.4 Å². The summed E-state index contributed by atoms with van der Waals surface area (Å²) in [5.41, 5.74) is 2.75. The molecule has 0 spiro atoms. The fourth-order valence-electron chi connectivity index (χ4n) is 6.18. The molecule has 198 valence electrons. The number of anilines is 2. The Morgan fingerprint density at radius 1 is 1.00 bits per heavy atom. The number of halogens is 2. The molecule has 6 nitrogen and oxygen atoms in total. The summed E-state index contributed by atoms with van der Waals surface area (Å²) in [4.78, 5) is 19.4. The Kier molecular flexibility index (Phi) is 7.04. The molecule has 0 radical (unpaired) electrons. The molecule has 0 bridgehead atoms. The molecule has 0 saturated carbocycles. The summed E-state index contributed by atoms with van der Waals surface area (Å²) in [5.74, 6) is 0.331. The predicted molar refractivity (Wildman–Crippen MR) is 139 cm³/mol. The van der Waals surface area contributed by atoms with Gasteiger partial charge in [0.25, 0.3) is 5.91 Å². The Hall–Kier alpha value is -2.71. The number of hydrogen-bond donors (Lipinski definition) is 0. The lowest BCUT2D eigenvalue weighted by molar-refractivity contribution is 0.0679. The molecule has 37 heavy (non-hydrogen) atoms. The Balaban J connectivity index is 1.10. The molecular weight excluding hydrogens is 476 g/mol. The van der Waals surface area contributed by atoms with Gasteiger partial charge in [0.2, 0.25) is 0 Å². The maximum atomic E-state index is 15.3. The standard InChI is InChI=1S/C29H35F2N3O3/c30-21-8-11-32(12-9-21)23-10-13-33(18-23)28-6-3-22(17-27(28)31)34-14-7-20-16-24(4-5-26(20)29(34)35)37-19-25-2-1-15-36-25/h3-6,16-17,21,23,25H,1-2,7-15,18-19H2/t23?,25-/m0/s1. The monoisotopic (exact) mass is 511 g/mol. The molecule has 0 N–H and O–H groups in total. The minimum atomic E-state index is -0.685.